The summed E-state index contributed by atoms with van der Waals surface area (Å²) in [5.74, 6) is -0.0595. The predicted molar refractivity (Wildman–Crippen MR) is 114 cm³/mol. The van der Waals surface area contributed by atoms with E-state index in [1.807, 2.05) is 30.3 Å². The summed E-state index contributed by atoms with van der Waals surface area (Å²) in [4.78, 5) is 38.3. The summed E-state index contributed by atoms with van der Waals surface area (Å²) in [7, 11) is -4.47. The molecule has 3 aromatic heterocycles. The number of imidazole rings is 1. The fourth-order valence-corrected chi connectivity index (χ4v) is 4.13. The third-order valence-electron chi connectivity index (χ3n) is 4.93. The molecular weight excluding hydrogens is 433 g/mol. The molecule has 0 aliphatic rings. The van der Waals surface area contributed by atoms with Gasteiger partial charge in [0.2, 0.25) is 5.65 Å². The van der Waals surface area contributed by atoms with Crippen LogP contribution >= 0.6 is 7.60 Å². The van der Waals surface area contributed by atoms with Crippen molar-refractivity contribution < 1.29 is 14.4 Å². The number of fused-ring (bicyclic) bond motifs is 3. The number of benzene rings is 2. The van der Waals surface area contributed by atoms with Gasteiger partial charge in [-0.05, 0) is 12.1 Å². The Morgan fingerprint density at radius 2 is 1.94 bits per heavy atom. The number of nitrogens with one attached hydrogen (secondary N) is 1. The average molecular weight is 447 g/mol. The van der Waals surface area contributed by atoms with E-state index >= 15 is 0 Å². The minimum absolute atomic E-state index is 0.0595. The van der Waals surface area contributed by atoms with E-state index in [0.717, 1.165) is 5.56 Å². The molecule has 0 bridgehead atoms. The smallest absolute Gasteiger partial charge is 0.324 e. The maximum Gasteiger partial charge on any atom is 0.333 e. The Kier molecular flexibility index (Phi) is 4.49. The van der Waals surface area contributed by atoms with Gasteiger partial charge in [0.05, 0.1) is 34.3 Å². The topological polar surface area (TPSA) is 162 Å². The third-order valence-corrected chi connectivity index (χ3v) is 5.63. The molecule has 5 rings (SSSR count). The van der Waals surface area contributed by atoms with Crippen LogP contribution in [0.5, 0.6) is 0 Å². The molecule has 0 amide bonds. The molecule has 2 aromatic carbocycles. The van der Waals surface area contributed by atoms with Crippen molar-refractivity contribution in [3.8, 4) is 23.0 Å². The molecule has 11 nitrogen and oxygen atoms in total. The van der Waals surface area contributed by atoms with Crippen LogP contribution in [0.4, 0.5) is 0 Å². The number of aromatic amines is 1. The molecule has 0 saturated carbocycles. The molecular formula is C20H14N7O4P. The molecule has 3 heterocycles. The molecule has 0 unspecified atom stereocenters. The fraction of sp³-hybridized carbons (Fsp3) is 0.0500. The summed E-state index contributed by atoms with van der Waals surface area (Å²) in [5.41, 5.74) is 2.34. The molecule has 0 aliphatic heterocycles. The van der Waals surface area contributed by atoms with Crippen LogP contribution in [0.25, 0.3) is 33.6 Å². The lowest BCUT2D eigenvalue weighted by Crippen LogP contribution is -2.13. The molecule has 0 fully saturated rings. The summed E-state index contributed by atoms with van der Waals surface area (Å²) in [6, 6.07) is 14.8. The van der Waals surface area contributed by atoms with E-state index in [0.29, 0.717) is 22.4 Å². The SMILES string of the molecule is N#Cc1cc2[nH]c(=O)c3nnc(CP(=O)(O)O)n3c2cc1-n1cnc(-c2ccccc2)c1. The quantitative estimate of drug-likeness (QED) is 0.352. The molecule has 0 aliphatic carbocycles. The molecule has 0 radical (unpaired) electrons. The van der Waals surface area contributed by atoms with Gasteiger partial charge in [-0.1, -0.05) is 30.3 Å². The van der Waals surface area contributed by atoms with Gasteiger partial charge in [0, 0.05) is 11.8 Å². The molecule has 32 heavy (non-hydrogen) atoms. The summed E-state index contributed by atoms with van der Waals surface area (Å²) in [6.07, 6.45) is 2.64. The molecule has 12 heteroatoms. The predicted octanol–water partition coefficient (Wildman–Crippen LogP) is 1.97. The number of hydrogen-bond acceptors (Lipinski definition) is 6. The number of rotatable bonds is 4. The van der Waals surface area contributed by atoms with Gasteiger partial charge in [-0.15, -0.1) is 10.2 Å². The van der Waals surface area contributed by atoms with E-state index in [1.165, 1.54) is 10.5 Å². The molecule has 158 valence electrons. The first-order valence-corrected chi connectivity index (χ1v) is 11.1. The average Bonchev–Trinajstić information content (AvgIpc) is 3.41. The number of hydrogen-bond donors (Lipinski definition) is 3. The standard InChI is InChI=1S/C20H14N7O4P/c21-8-13-6-14-17(27-18(10-32(29,30)31)24-25-19(27)20(28)23-14)7-16(13)26-9-15(22-11-26)12-4-2-1-3-5-12/h1-7,9,11H,10H2,(H,23,28)(H2,29,30,31). The summed E-state index contributed by atoms with van der Waals surface area (Å²) >= 11 is 0. The van der Waals surface area contributed by atoms with E-state index in [1.54, 1.807) is 23.2 Å². The number of H-pyrrole nitrogens is 1. The van der Waals surface area contributed by atoms with Crippen LogP contribution in [-0.2, 0) is 10.7 Å². The van der Waals surface area contributed by atoms with Gasteiger partial charge >= 0.3 is 7.60 Å². The van der Waals surface area contributed by atoms with E-state index in [2.05, 4.69) is 26.2 Å². The summed E-state index contributed by atoms with van der Waals surface area (Å²) in [5, 5.41) is 17.3. The number of nitrogens with zero attached hydrogens (tertiary/aromatic N) is 6. The fourth-order valence-electron chi connectivity index (χ4n) is 3.56. The second-order valence-corrected chi connectivity index (χ2v) is 8.73. The molecule has 0 atom stereocenters. The number of aromatic nitrogens is 6. The second-order valence-electron chi connectivity index (χ2n) is 7.08. The van der Waals surface area contributed by atoms with E-state index in [4.69, 9.17) is 0 Å². The monoisotopic (exact) mass is 447 g/mol. The normalized spacial score (nSPS) is 11.8. The van der Waals surface area contributed by atoms with Crippen molar-refractivity contribution in [1.82, 2.24) is 29.1 Å². The largest absolute Gasteiger partial charge is 0.333 e. The molecule has 5 aromatic rings. The first kappa shape index (κ1) is 19.8. The molecule has 0 saturated heterocycles. The minimum Gasteiger partial charge on any atom is -0.324 e. The van der Waals surface area contributed by atoms with Crippen molar-refractivity contribution in [3.63, 3.8) is 0 Å². The van der Waals surface area contributed by atoms with Crippen molar-refractivity contribution in [3.05, 3.63) is 76.7 Å². The lowest BCUT2D eigenvalue weighted by atomic mass is 10.1. The highest BCUT2D eigenvalue weighted by atomic mass is 31.2. The Balaban J connectivity index is 1.76. The Morgan fingerprint density at radius 1 is 1.16 bits per heavy atom. The lowest BCUT2D eigenvalue weighted by Gasteiger charge is -2.10. The van der Waals surface area contributed by atoms with E-state index in [-0.39, 0.29) is 17.0 Å². The van der Waals surface area contributed by atoms with Gasteiger partial charge in [-0.3, -0.25) is 13.8 Å². The van der Waals surface area contributed by atoms with Crippen molar-refractivity contribution in [2.24, 2.45) is 0 Å². The zero-order chi connectivity index (χ0) is 22.5. The highest BCUT2D eigenvalue weighted by Crippen LogP contribution is 2.38. The molecule has 3 N–H and O–H groups in total. The van der Waals surface area contributed by atoms with Crippen molar-refractivity contribution in [2.45, 2.75) is 6.16 Å². The Hall–Kier alpha value is -4.10. The zero-order valence-electron chi connectivity index (χ0n) is 16.2. The van der Waals surface area contributed by atoms with E-state index < -0.39 is 19.3 Å². The summed E-state index contributed by atoms with van der Waals surface area (Å²) in [6.45, 7) is 0. The first-order valence-electron chi connectivity index (χ1n) is 9.32. The Bertz CT molecular complexity index is 1640. The summed E-state index contributed by atoms with van der Waals surface area (Å²) < 4.78 is 14.5. The van der Waals surface area contributed by atoms with Crippen LogP contribution in [0, 0.1) is 11.3 Å². The van der Waals surface area contributed by atoms with Gasteiger partial charge in [0.25, 0.3) is 5.56 Å². The Morgan fingerprint density at radius 3 is 2.66 bits per heavy atom. The number of nitriles is 1. The second kappa shape index (κ2) is 7.25. The lowest BCUT2D eigenvalue weighted by molar-refractivity contribution is 0.370. The van der Waals surface area contributed by atoms with Crippen LogP contribution in [0.2, 0.25) is 0 Å². The van der Waals surface area contributed by atoms with Crippen LogP contribution in [-0.4, -0.2) is 38.9 Å². The van der Waals surface area contributed by atoms with Gasteiger partial charge in [-0.2, -0.15) is 5.26 Å². The maximum atomic E-state index is 12.4. The van der Waals surface area contributed by atoms with Gasteiger partial charge < -0.3 is 19.3 Å². The van der Waals surface area contributed by atoms with Crippen LogP contribution in [0.1, 0.15) is 11.4 Å². The van der Waals surface area contributed by atoms with Gasteiger partial charge in [-0.25, -0.2) is 4.98 Å². The van der Waals surface area contributed by atoms with Gasteiger partial charge in [0.1, 0.15) is 18.1 Å². The highest BCUT2D eigenvalue weighted by molar-refractivity contribution is 7.50. The van der Waals surface area contributed by atoms with Crippen LogP contribution in [0.3, 0.4) is 0 Å². The maximum absolute atomic E-state index is 12.4. The van der Waals surface area contributed by atoms with E-state index in [9.17, 15) is 24.4 Å². The van der Waals surface area contributed by atoms with Crippen LogP contribution < -0.4 is 5.56 Å². The van der Waals surface area contributed by atoms with Crippen LogP contribution in [0.15, 0.2) is 59.8 Å². The Labute approximate surface area is 179 Å². The molecule has 0 spiro atoms. The zero-order valence-corrected chi connectivity index (χ0v) is 17.1. The third kappa shape index (κ3) is 3.38. The van der Waals surface area contributed by atoms with Crippen molar-refractivity contribution in [2.75, 3.05) is 0 Å². The van der Waals surface area contributed by atoms with Crippen molar-refractivity contribution in [1.29, 1.82) is 5.26 Å². The van der Waals surface area contributed by atoms with Gasteiger partial charge in [0.15, 0.2) is 0 Å². The van der Waals surface area contributed by atoms with Crippen molar-refractivity contribution >= 4 is 24.3 Å². The highest BCUT2D eigenvalue weighted by Gasteiger charge is 2.22. The first-order chi connectivity index (χ1) is 15.3. The minimum atomic E-state index is -4.47.